The molecule has 15 nitrogen and oxygen atoms in total. The molecule has 0 aliphatic carbocycles. The lowest BCUT2D eigenvalue weighted by Gasteiger charge is -2.30. The minimum absolute atomic E-state index is 0.0212. The molecule has 1 aliphatic rings. The third-order valence-corrected chi connectivity index (χ3v) is 6.12. The van der Waals surface area contributed by atoms with Crippen LogP contribution in [0.2, 0.25) is 0 Å². The number of nitro groups is 1. The van der Waals surface area contributed by atoms with Gasteiger partial charge in [0.15, 0.2) is 0 Å². The van der Waals surface area contributed by atoms with Gasteiger partial charge in [-0.1, -0.05) is 12.1 Å². The molecule has 1 atom stereocenters. The van der Waals surface area contributed by atoms with Crippen LogP contribution in [0.4, 0.5) is 5.69 Å². The van der Waals surface area contributed by atoms with Crippen LogP contribution in [-0.2, 0) is 23.9 Å². The second-order valence-electron chi connectivity index (χ2n) is 9.02. The number of nitrogens with one attached hydrogen (secondary N) is 2. The number of hydrogen-bond acceptors (Lipinski definition) is 12. The minimum atomic E-state index is -1.08. The number of benzene rings is 1. The van der Waals surface area contributed by atoms with Crippen molar-refractivity contribution < 1.29 is 38.7 Å². The maximum atomic E-state index is 13.4. The number of non-ortho nitro benzene ring substituents is 1. The number of ether oxygens (including phenoxy) is 2. The highest BCUT2D eigenvalue weighted by Crippen LogP contribution is 2.40. The zero-order chi connectivity index (χ0) is 30.6. The van der Waals surface area contributed by atoms with E-state index in [1.165, 1.54) is 30.6 Å². The lowest BCUT2D eigenvalue weighted by atomic mass is 9.80. The Morgan fingerprint density at radius 1 is 0.929 bits per heavy atom. The van der Waals surface area contributed by atoms with E-state index in [1.807, 2.05) is 0 Å². The van der Waals surface area contributed by atoms with Crippen molar-refractivity contribution in [1.82, 2.24) is 15.6 Å². The quantitative estimate of drug-likeness (QED) is 0.143. The highest BCUT2D eigenvalue weighted by molar-refractivity contribution is 6.00. The van der Waals surface area contributed by atoms with Gasteiger partial charge in [0.25, 0.3) is 16.7 Å². The van der Waals surface area contributed by atoms with Gasteiger partial charge in [0.1, 0.15) is 0 Å². The highest BCUT2D eigenvalue weighted by atomic mass is 16.9. The monoisotopic (exact) mass is 583 g/mol. The molecule has 0 bridgehead atoms. The fourth-order valence-corrected chi connectivity index (χ4v) is 4.25. The molecule has 2 heterocycles. The summed E-state index contributed by atoms with van der Waals surface area (Å²) in [7, 11) is 0. The SMILES string of the molecule is CC1=C(C(=O)OCCCNC(=O)c2ccncc2)C(c2cccc([N+](=O)[O-])c2)C(C(=O)OCCCO[N+](=O)[O-])=C(C)N1. The Bertz CT molecular complexity index is 1410. The summed E-state index contributed by atoms with van der Waals surface area (Å²) >= 11 is 0. The largest absolute Gasteiger partial charge is 0.462 e. The summed E-state index contributed by atoms with van der Waals surface area (Å²) < 4.78 is 10.8. The topological polar surface area (TPSA) is 202 Å². The summed E-state index contributed by atoms with van der Waals surface area (Å²) in [6, 6.07) is 8.65. The molecule has 0 fully saturated rings. The number of allylic oxidation sites excluding steroid dienone is 2. The number of amides is 1. The Kier molecular flexibility index (Phi) is 11.0. The predicted molar refractivity (Wildman–Crippen MR) is 145 cm³/mol. The van der Waals surface area contributed by atoms with Crippen molar-refractivity contribution in [2.24, 2.45) is 0 Å². The smallest absolute Gasteiger partial charge is 0.336 e. The number of aromatic nitrogens is 1. The molecule has 1 unspecified atom stereocenters. The average Bonchev–Trinajstić information content (AvgIpc) is 2.96. The van der Waals surface area contributed by atoms with Crippen molar-refractivity contribution >= 4 is 23.5 Å². The number of rotatable bonds is 14. The Morgan fingerprint density at radius 3 is 2.14 bits per heavy atom. The molecular weight excluding hydrogens is 554 g/mol. The number of dihydropyridines is 1. The third kappa shape index (κ3) is 8.33. The zero-order valence-electron chi connectivity index (χ0n) is 22.9. The minimum Gasteiger partial charge on any atom is -0.462 e. The van der Waals surface area contributed by atoms with Gasteiger partial charge in [0, 0.05) is 54.4 Å². The second kappa shape index (κ2) is 14.9. The Labute approximate surface area is 239 Å². The van der Waals surface area contributed by atoms with Crippen molar-refractivity contribution in [2.75, 3.05) is 26.4 Å². The maximum absolute atomic E-state index is 13.4. The number of carbonyl (C=O) groups is 3. The van der Waals surface area contributed by atoms with E-state index in [4.69, 9.17) is 9.47 Å². The first kappa shape index (κ1) is 31.2. The fourth-order valence-electron chi connectivity index (χ4n) is 4.25. The molecule has 0 radical (unpaired) electrons. The molecule has 222 valence electrons. The number of nitrogens with zero attached hydrogens (tertiary/aromatic N) is 3. The number of esters is 2. The summed E-state index contributed by atoms with van der Waals surface area (Å²) in [6.45, 7) is 2.86. The van der Waals surface area contributed by atoms with E-state index in [1.54, 1.807) is 32.0 Å². The zero-order valence-corrected chi connectivity index (χ0v) is 22.9. The van der Waals surface area contributed by atoms with Crippen LogP contribution in [0.25, 0.3) is 0 Å². The standard InChI is InChI=1S/C27H29N5O10/c1-17-22(26(34)40-13-4-10-29-25(33)19-8-11-28-12-9-19)24(20-6-3-7-21(16-20)31(36)37)23(18(2)30-17)27(35)41-14-5-15-42-32(38)39/h3,6-9,11-12,16,24,30H,4-5,10,13-15H2,1-2H3,(H,29,33). The van der Waals surface area contributed by atoms with E-state index in [0.717, 1.165) is 0 Å². The van der Waals surface area contributed by atoms with Gasteiger partial charge in [0.2, 0.25) is 0 Å². The fraction of sp³-hybridized carbons (Fsp3) is 0.333. The van der Waals surface area contributed by atoms with Crippen LogP contribution in [0.15, 0.2) is 71.3 Å². The summed E-state index contributed by atoms with van der Waals surface area (Å²) in [5.41, 5.74) is 1.26. The summed E-state index contributed by atoms with van der Waals surface area (Å²) in [5.74, 6) is -2.98. The van der Waals surface area contributed by atoms with Crippen LogP contribution in [-0.4, -0.2) is 59.2 Å². The molecule has 1 aromatic heterocycles. The van der Waals surface area contributed by atoms with Crippen LogP contribution >= 0.6 is 0 Å². The Balaban J connectivity index is 1.76. The van der Waals surface area contributed by atoms with E-state index in [0.29, 0.717) is 23.4 Å². The van der Waals surface area contributed by atoms with E-state index in [9.17, 15) is 34.6 Å². The van der Waals surface area contributed by atoms with Gasteiger partial charge in [-0.3, -0.25) is 19.9 Å². The summed E-state index contributed by atoms with van der Waals surface area (Å²) in [5, 5.41) is 26.5. The first-order valence-corrected chi connectivity index (χ1v) is 12.8. The van der Waals surface area contributed by atoms with Gasteiger partial charge in [-0.2, -0.15) is 0 Å². The van der Waals surface area contributed by atoms with Crippen molar-refractivity contribution in [1.29, 1.82) is 0 Å². The Morgan fingerprint density at radius 2 is 1.55 bits per heavy atom. The molecule has 1 amide bonds. The Hall–Kier alpha value is -5.34. The first-order valence-electron chi connectivity index (χ1n) is 12.8. The molecule has 0 spiro atoms. The molecule has 15 heteroatoms. The van der Waals surface area contributed by atoms with E-state index in [-0.39, 0.29) is 61.1 Å². The number of carbonyl (C=O) groups excluding carboxylic acids is 3. The average molecular weight is 584 g/mol. The van der Waals surface area contributed by atoms with Gasteiger partial charge in [-0.25, -0.2) is 9.59 Å². The molecule has 0 saturated heterocycles. The second-order valence-corrected chi connectivity index (χ2v) is 9.02. The van der Waals surface area contributed by atoms with Crippen molar-refractivity contribution in [2.45, 2.75) is 32.6 Å². The third-order valence-electron chi connectivity index (χ3n) is 6.12. The van der Waals surface area contributed by atoms with Gasteiger partial charge in [-0.05, 0) is 38.0 Å². The van der Waals surface area contributed by atoms with Crippen LogP contribution in [0.5, 0.6) is 0 Å². The van der Waals surface area contributed by atoms with Crippen LogP contribution in [0.1, 0.15) is 48.5 Å². The lowest BCUT2D eigenvalue weighted by molar-refractivity contribution is -0.757. The van der Waals surface area contributed by atoms with Crippen molar-refractivity contribution in [3.05, 3.63) is 103 Å². The normalized spacial score (nSPS) is 14.5. The number of nitro benzene ring substituents is 1. The number of pyridine rings is 1. The van der Waals surface area contributed by atoms with Crippen LogP contribution in [0, 0.1) is 20.2 Å². The number of hydrogen-bond donors (Lipinski definition) is 2. The van der Waals surface area contributed by atoms with Gasteiger partial charge in [-0.15, -0.1) is 10.1 Å². The summed E-state index contributed by atoms with van der Waals surface area (Å²) in [4.78, 5) is 68.1. The molecule has 3 rings (SSSR count). The summed E-state index contributed by atoms with van der Waals surface area (Å²) in [6.07, 6.45) is 3.32. The van der Waals surface area contributed by atoms with Crippen molar-refractivity contribution in [3.63, 3.8) is 0 Å². The maximum Gasteiger partial charge on any atom is 0.336 e. The lowest BCUT2D eigenvalue weighted by Crippen LogP contribution is -2.33. The molecule has 0 saturated carbocycles. The van der Waals surface area contributed by atoms with Gasteiger partial charge < -0.3 is 24.9 Å². The first-order chi connectivity index (χ1) is 20.1. The van der Waals surface area contributed by atoms with E-state index in [2.05, 4.69) is 20.5 Å². The van der Waals surface area contributed by atoms with E-state index < -0.39 is 27.9 Å². The molecule has 2 aromatic rings. The molecule has 42 heavy (non-hydrogen) atoms. The molecule has 1 aromatic carbocycles. The highest BCUT2D eigenvalue weighted by Gasteiger charge is 2.38. The molecular formula is C27H29N5O10. The van der Waals surface area contributed by atoms with Crippen LogP contribution < -0.4 is 10.6 Å². The van der Waals surface area contributed by atoms with Crippen LogP contribution in [0.3, 0.4) is 0 Å². The molecule has 1 aliphatic heterocycles. The van der Waals surface area contributed by atoms with E-state index >= 15 is 0 Å². The predicted octanol–water partition coefficient (Wildman–Crippen LogP) is 2.73. The molecule has 2 N–H and O–H groups in total. The van der Waals surface area contributed by atoms with Crippen molar-refractivity contribution in [3.8, 4) is 0 Å². The van der Waals surface area contributed by atoms with Gasteiger partial charge >= 0.3 is 11.9 Å². The van der Waals surface area contributed by atoms with Gasteiger partial charge in [0.05, 0.1) is 41.8 Å².